The van der Waals surface area contributed by atoms with Gasteiger partial charge in [-0.15, -0.1) is 22.7 Å². The summed E-state index contributed by atoms with van der Waals surface area (Å²) in [5.74, 6) is 0. The first-order chi connectivity index (χ1) is 8.41. The first-order valence-electron chi connectivity index (χ1n) is 6.22. The van der Waals surface area contributed by atoms with E-state index in [9.17, 15) is 0 Å². The van der Waals surface area contributed by atoms with Crippen LogP contribution >= 0.6 is 22.7 Å². The lowest BCUT2D eigenvalue weighted by Crippen LogP contribution is -2.14. The molecule has 2 aromatic rings. The van der Waals surface area contributed by atoms with E-state index < -0.39 is 0 Å². The van der Waals surface area contributed by atoms with Crippen molar-refractivity contribution in [3.8, 4) is 0 Å². The Morgan fingerprint density at radius 3 is 2.56 bits per heavy atom. The number of aryl methyl sites for hydroxylation is 1. The normalized spacial score (nSPS) is 13.8. The average Bonchev–Trinajstić information content (AvgIpc) is 2.96. The van der Waals surface area contributed by atoms with Gasteiger partial charge in [-0.3, -0.25) is 0 Å². The Kier molecular flexibility index (Phi) is 3.90. The number of hydrogen-bond acceptors (Lipinski definition) is 4. The third-order valence-corrected chi connectivity index (χ3v) is 5.13. The molecular weight excluding hydrogens is 260 g/mol. The van der Waals surface area contributed by atoms with E-state index in [4.69, 9.17) is 10.7 Å². The molecule has 2 heterocycles. The van der Waals surface area contributed by atoms with Gasteiger partial charge in [0.05, 0.1) is 11.7 Å². The summed E-state index contributed by atoms with van der Waals surface area (Å²) in [6.45, 7) is 8.70. The van der Waals surface area contributed by atoms with E-state index in [1.54, 1.807) is 22.7 Å². The van der Waals surface area contributed by atoms with Crippen LogP contribution in [0.15, 0.2) is 17.5 Å². The summed E-state index contributed by atoms with van der Waals surface area (Å²) in [5.41, 5.74) is 7.52. The number of nitrogens with zero attached hydrogens (tertiary/aromatic N) is 1. The number of nitrogens with two attached hydrogens (primary N) is 1. The molecule has 2 nitrogen and oxygen atoms in total. The van der Waals surface area contributed by atoms with Crippen LogP contribution in [0.2, 0.25) is 0 Å². The molecule has 0 spiro atoms. The molecule has 4 heteroatoms. The fourth-order valence-corrected chi connectivity index (χ4v) is 3.74. The van der Waals surface area contributed by atoms with Gasteiger partial charge in [-0.05, 0) is 18.6 Å². The van der Waals surface area contributed by atoms with Gasteiger partial charge in [-0.1, -0.05) is 27.7 Å². The van der Waals surface area contributed by atoms with Crippen molar-refractivity contribution in [2.45, 2.75) is 45.6 Å². The predicted octanol–water partition coefficient (Wildman–Crippen LogP) is 4.11. The maximum Gasteiger partial charge on any atom is 0.115 e. The van der Waals surface area contributed by atoms with Crippen molar-refractivity contribution in [1.29, 1.82) is 0 Å². The Morgan fingerprint density at radius 2 is 2.06 bits per heavy atom. The van der Waals surface area contributed by atoms with Crippen LogP contribution in [0.25, 0.3) is 0 Å². The molecule has 0 aliphatic carbocycles. The molecule has 0 amide bonds. The minimum atomic E-state index is -0.0728. The monoisotopic (exact) mass is 280 g/mol. The molecule has 18 heavy (non-hydrogen) atoms. The molecule has 0 bridgehead atoms. The highest BCUT2D eigenvalue weighted by molar-refractivity contribution is 7.12. The van der Waals surface area contributed by atoms with Gasteiger partial charge in [0.25, 0.3) is 0 Å². The van der Waals surface area contributed by atoms with Gasteiger partial charge in [-0.2, -0.15) is 0 Å². The van der Waals surface area contributed by atoms with Crippen LogP contribution in [-0.4, -0.2) is 4.98 Å². The Hall–Kier alpha value is -0.710. The lowest BCUT2D eigenvalue weighted by Gasteiger charge is -2.14. The van der Waals surface area contributed by atoms with Crippen molar-refractivity contribution >= 4 is 22.7 Å². The number of thiazole rings is 1. The van der Waals surface area contributed by atoms with Crippen LogP contribution in [0, 0.1) is 0 Å². The molecule has 0 saturated heterocycles. The lowest BCUT2D eigenvalue weighted by atomic mass is 9.93. The molecule has 0 fully saturated rings. The first kappa shape index (κ1) is 13.7. The predicted molar refractivity (Wildman–Crippen MR) is 80.5 cm³/mol. The SMILES string of the molecule is CCc1ccc(C(N)c2nc(C(C)(C)C)cs2)s1. The summed E-state index contributed by atoms with van der Waals surface area (Å²) in [7, 11) is 0. The molecule has 0 radical (unpaired) electrons. The van der Waals surface area contributed by atoms with Crippen LogP contribution < -0.4 is 5.73 Å². The second kappa shape index (κ2) is 5.11. The third kappa shape index (κ3) is 2.82. The van der Waals surface area contributed by atoms with Gasteiger partial charge in [0.1, 0.15) is 5.01 Å². The van der Waals surface area contributed by atoms with Crippen molar-refractivity contribution in [3.63, 3.8) is 0 Å². The standard InChI is InChI=1S/C14H20N2S2/c1-5-9-6-7-10(18-9)12(15)13-16-11(8-17-13)14(2,3)4/h6-8,12H,5,15H2,1-4H3. The van der Waals surface area contributed by atoms with Gasteiger partial charge >= 0.3 is 0 Å². The van der Waals surface area contributed by atoms with E-state index in [0.717, 1.165) is 17.1 Å². The molecule has 1 atom stereocenters. The molecular formula is C14H20N2S2. The quantitative estimate of drug-likeness (QED) is 0.919. The number of hydrogen-bond donors (Lipinski definition) is 1. The molecule has 2 aromatic heterocycles. The van der Waals surface area contributed by atoms with E-state index in [0.29, 0.717) is 0 Å². The van der Waals surface area contributed by atoms with Gasteiger partial charge in [0, 0.05) is 20.5 Å². The topological polar surface area (TPSA) is 38.9 Å². The molecule has 0 aromatic carbocycles. The maximum absolute atomic E-state index is 6.30. The van der Waals surface area contributed by atoms with Crippen molar-refractivity contribution < 1.29 is 0 Å². The number of thiophene rings is 1. The van der Waals surface area contributed by atoms with Gasteiger partial charge in [0.15, 0.2) is 0 Å². The summed E-state index contributed by atoms with van der Waals surface area (Å²) >= 11 is 3.46. The molecule has 2 N–H and O–H groups in total. The summed E-state index contributed by atoms with van der Waals surface area (Å²) in [5, 5.41) is 3.15. The minimum Gasteiger partial charge on any atom is -0.318 e. The molecule has 1 unspecified atom stereocenters. The molecule has 2 rings (SSSR count). The summed E-state index contributed by atoms with van der Waals surface area (Å²) in [4.78, 5) is 7.29. The van der Waals surface area contributed by atoms with Crippen molar-refractivity contribution in [2.24, 2.45) is 5.73 Å². The number of aromatic nitrogens is 1. The lowest BCUT2D eigenvalue weighted by molar-refractivity contribution is 0.569. The van der Waals surface area contributed by atoms with E-state index in [1.807, 2.05) is 0 Å². The van der Waals surface area contributed by atoms with Crippen molar-refractivity contribution in [1.82, 2.24) is 4.98 Å². The zero-order chi connectivity index (χ0) is 13.3. The smallest absolute Gasteiger partial charge is 0.115 e. The average molecular weight is 280 g/mol. The van der Waals surface area contributed by atoms with E-state index >= 15 is 0 Å². The Bertz CT molecular complexity index is 520. The van der Waals surface area contributed by atoms with Gasteiger partial charge in [-0.25, -0.2) is 4.98 Å². The zero-order valence-electron chi connectivity index (χ0n) is 11.4. The van der Waals surface area contributed by atoms with Crippen LogP contribution in [0.1, 0.15) is 54.2 Å². The second-order valence-electron chi connectivity index (χ2n) is 5.46. The maximum atomic E-state index is 6.30. The second-order valence-corrected chi connectivity index (χ2v) is 7.55. The van der Waals surface area contributed by atoms with Crippen LogP contribution in [0.5, 0.6) is 0 Å². The fraction of sp³-hybridized carbons (Fsp3) is 0.500. The van der Waals surface area contributed by atoms with Crippen LogP contribution in [-0.2, 0) is 11.8 Å². The van der Waals surface area contributed by atoms with E-state index in [1.165, 1.54) is 9.75 Å². The van der Waals surface area contributed by atoms with Gasteiger partial charge in [0.2, 0.25) is 0 Å². The Balaban J connectivity index is 2.23. The molecule has 0 aliphatic heterocycles. The summed E-state index contributed by atoms with van der Waals surface area (Å²) in [6.07, 6.45) is 1.07. The first-order valence-corrected chi connectivity index (χ1v) is 7.91. The van der Waals surface area contributed by atoms with Crippen LogP contribution in [0.3, 0.4) is 0 Å². The Morgan fingerprint density at radius 1 is 1.33 bits per heavy atom. The van der Waals surface area contributed by atoms with Gasteiger partial charge < -0.3 is 5.73 Å². The minimum absolute atomic E-state index is 0.0728. The molecule has 0 saturated carbocycles. The molecule has 0 aliphatic rings. The van der Waals surface area contributed by atoms with Crippen molar-refractivity contribution in [3.05, 3.63) is 38.0 Å². The van der Waals surface area contributed by atoms with Crippen LogP contribution in [0.4, 0.5) is 0 Å². The highest BCUT2D eigenvalue weighted by Crippen LogP contribution is 2.31. The van der Waals surface area contributed by atoms with Crippen molar-refractivity contribution in [2.75, 3.05) is 0 Å². The highest BCUT2D eigenvalue weighted by atomic mass is 32.1. The number of rotatable bonds is 3. The largest absolute Gasteiger partial charge is 0.318 e. The Labute approximate surface area is 117 Å². The van der Waals surface area contributed by atoms with E-state index in [2.05, 4.69) is 45.2 Å². The molecule has 98 valence electrons. The van der Waals surface area contributed by atoms with E-state index in [-0.39, 0.29) is 11.5 Å². The highest BCUT2D eigenvalue weighted by Gasteiger charge is 2.21. The summed E-state index contributed by atoms with van der Waals surface area (Å²) in [6, 6.07) is 4.22. The third-order valence-electron chi connectivity index (χ3n) is 2.89. The fourth-order valence-electron chi connectivity index (χ4n) is 1.65. The zero-order valence-corrected chi connectivity index (χ0v) is 13.0. The summed E-state index contributed by atoms with van der Waals surface area (Å²) < 4.78 is 0.